The Morgan fingerprint density at radius 3 is 2.58 bits per heavy atom. The van der Waals surface area contributed by atoms with E-state index >= 15 is 0 Å². The van der Waals surface area contributed by atoms with Crippen LogP contribution in [-0.4, -0.2) is 57.8 Å². The molecule has 2 saturated heterocycles. The van der Waals surface area contributed by atoms with Gasteiger partial charge in [0.15, 0.2) is 5.82 Å². The van der Waals surface area contributed by atoms with Gasteiger partial charge in [-0.05, 0) is 6.42 Å². The molecule has 0 spiro atoms. The van der Waals surface area contributed by atoms with Crippen LogP contribution in [0.3, 0.4) is 0 Å². The van der Waals surface area contributed by atoms with E-state index < -0.39 is 6.04 Å². The summed E-state index contributed by atoms with van der Waals surface area (Å²) in [5.41, 5.74) is 1.21. The Morgan fingerprint density at radius 2 is 1.88 bits per heavy atom. The van der Waals surface area contributed by atoms with E-state index in [1.165, 1.54) is 17.3 Å². The fourth-order valence-electron chi connectivity index (χ4n) is 3.30. The number of fused-ring (bicyclic) bond motifs is 1. The first kappa shape index (κ1) is 16.2. The fourth-order valence-corrected chi connectivity index (χ4v) is 3.30. The van der Waals surface area contributed by atoms with Gasteiger partial charge in [-0.15, -0.1) is 0 Å². The van der Waals surface area contributed by atoms with Crippen molar-refractivity contribution in [1.82, 2.24) is 25.5 Å². The van der Waals surface area contributed by atoms with Gasteiger partial charge in [-0.3, -0.25) is 14.4 Å². The van der Waals surface area contributed by atoms with Crippen molar-refractivity contribution >= 4 is 17.7 Å². The molecule has 2 N–H and O–H groups in total. The largest absolute Gasteiger partial charge is 0.347 e. The Hall–Kier alpha value is -3.29. The van der Waals surface area contributed by atoms with Crippen LogP contribution in [0.25, 0.3) is 11.4 Å². The van der Waals surface area contributed by atoms with Crippen LogP contribution in [-0.2, 0) is 9.59 Å². The van der Waals surface area contributed by atoms with Crippen LogP contribution in [0, 0.1) is 0 Å². The van der Waals surface area contributed by atoms with E-state index in [1.54, 1.807) is 0 Å². The molecule has 2 aromatic rings. The minimum Gasteiger partial charge on any atom is -0.347 e. The summed E-state index contributed by atoms with van der Waals surface area (Å²) < 4.78 is 0. The van der Waals surface area contributed by atoms with Gasteiger partial charge in [0.25, 0.3) is 5.91 Å². The average Bonchev–Trinajstić information content (AvgIpc) is 3.11. The summed E-state index contributed by atoms with van der Waals surface area (Å²) in [6.07, 6.45) is 3.36. The molecule has 1 aromatic heterocycles. The molecule has 0 aliphatic carbocycles. The first-order chi connectivity index (χ1) is 12.6. The van der Waals surface area contributed by atoms with Crippen molar-refractivity contribution in [3.8, 4) is 11.4 Å². The lowest BCUT2D eigenvalue weighted by atomic mass is 10.1. The van der Waals surface area contributed by atoms with E-state index in [1.807, 2.05) is 30.3 Å². The Kier molecular flexibility index (Phi) is 4.08. The molecule has 3 heterocycles. The highest BCUT2D eigenvalue weighted by atomic mass is 16.2. The summed E-state index contributed by atoms with van der Waals surface area (Å²) >= 11 is 0. The molecule has 8 heteroatoms. The van der Waals surface area contributed by atoms with Crippen molar-refractivity contribution in [3.05, 3.63) is 48.3 Å². The number of nitrogens with zero attached hydrogens (tertiary/aromatic N) is 3. The summed E-state index contributed by atoms with van der Waals surface area (Å²) in [6, 6.07) is 8.72. The lowest BCUT2D eigenvalue weighted by Gasteiger charge is -2.28. The topological polar surface area (TPSA) is 104 Å². The maximum Gasteiger partial charge on any atom is 0.254 e. The number of hydrogen-bond acceptors (Lipinski definition) is 5. The van der Waals surface area contributed by atoms with Crippen molar-refractivity contribution in [2.75, 3.05) is 13.1 Å². The van der Waals surface area contributed by atoms with Gasteiger partial charge in [-0.2, -0.15) is 0 Å². The summed E-state index contributed by atoms with van der Waals surface area (Å²) in [7, 11) is 0. The van der Waals surface area contributed by atoms with Crippen LogP contribution in [0.5, 0.6) is 0 Å². The third kappa shape index (κ3) is 3.01. The molecule has 26 heavy (non-hydrogen) atoms. The zero-order valence-electron chi connectivity index (χ0n) is 13.9. The zero-order valence-corrected chi connectivity index (χ0v) is 13.9. The van der Waals surface area contributed by atoms with Gasteiger partial charge in [0.1, 0.15) is 6.04 Å². The maximum absolute atomic E-state index is 12.4. The molecule has 2 atom stereocenters. The Labute approximate surface area is 149 Å². The van der Waals surface area contributed by atoms with Gasteiger partial charge in [0.2, 0.25) is 11.8 Å². The van der Waals surface area contributed by atoms with E-state index in [0.29, 0.717) is 24.4 Å². The molecule has 2 fully saturated rings. The number of aromatic nitrogens is 2. The highest BCUT2D eigenvalue weighted by Crippen LogP contribution is 2.21. The molecule has 8 nitrogen and oxygen atoms in total. The SMILES string of the molecule is O=C(N[C@H]1C[C@H]2C(=O)NCC(=O)N2C1)c1cnc(-c2ccccc2)nc1. The number of piperazine rings is 1. The Bertz CT molecular complexity index is 829. The monoisotopic (exact) mass is 351 g/mol. The van der Waals surface area contributed by atoms with Gasteiger partial charge in [0.05, 0.1) is 12.1 Å². The number of carbonyl (C=O) groups is 3. The molecular formula is C18H17N5O3. The van der Waals surface area contributed by atoms with Crippen LogP contribution in [0.1, 0.15) is 16.8 Å². The van der Waals surface area contributed by atoms with E-state index in [9.17, 15) is 14.4 Å². The third-order valence-electron chi connectivity index (χ3n) is 4.62. The first-order valence-corrected chi connectivity index (χ1v) is 8.37. The third-order valence-corrected chi connectivity index (χ3v) is 4.62. The van der Waals surface area contributed by atoms with Gasteiger partial charge < -0.3 is 15.5 Å². The van der Waals surface area contributed by atoms with E-state index in [0.717, 1.165) is 5.56 Å². The number of carbonyl (C=O) groups excluding carboxylic acids is 3. The quantitative estimate of drug-likeness (QED) is 0.808. The Balaban J connectivity index is 1.42. The minimum absolute atomic E-state index is 0.0186. The number of benzene rings is 1. The fraction of sp³-hybridized carbons (Fsp3) is 0.278. The molecule has 1 aromatic carbocycles. The molecule has 2 aliphatic heterocycles. The molecule has 4 rings (SSSR count). The van der Waals surface area contributed by atoms with Crippen molar-refractivity contribution in [2.24, 2.45) is 0 Å². The zero-order chi connectivity index (χ0) is 18.1. The van der Waals surface area contributed by atoms with Crippen molar-refractivity contribution < 1.29 is 14.4 Å². The standard InChI is InChI=1S/C18H17N5O3/c24-15-9-21-18(26)14-6-13(10-23(14)15)22-17(25)12-7-19-16(20-8-12)11-4-2-1-3-5-11/h1-5,7-8,13-14H,6,9-10H2,(H,21,26)(H,22,25)/t13-,14-/m0/s1. The lowest BCUT2D eigenvalue weighted by Crippen LogP contribution is -2.55. The molecule has 3 amide bonds. The molecule has 0 bridgehead atoms. The Morgan fingerprint density at radius 1 is 1.15 bits per heavy atom. The van der Waals surface area contributed by atoms with E-state index in [2.05, 4.69) is 20.6 Å². The predicted molar refractivity (Wildman–Crippen MR) is 91.8 cm³/mol. The summed E-state index contributed by atoms with van der Waals surface area (Å²) in [5.74, 6) is -0.0662. The molecular weight excluding hydrogens is 334 g/mol. The normalized spacial score (nSPS) is 21.9. The second kappa shape index (κ2) is 6.55. The van der Waals surface area contributed by atoms with Crippen molar-refractivity contribution in [1.29, 1.82) is 0 Å². The molecule has 132 valence electrons. The smallest absolute Gasteiger partial charge is 0.254 e. The van der Waals surface area contributed by atoms with Gasteiger partial charge in [-0.1, -0.05) is 30.3 Å². The average molecular weight is 351 g/mol. The highest BCUT2D eigenvalue weighted by Gasteiger charge is 2.42. The number of hydrogen-bond donors (Lipinski definition) is 2. The van der Waals surface area contributed by atoms with Crippen molar-refractivity contribution in [3.63, 3.8) is 0 Å². The number of rotatable bonds is 3. The van der Waals surface area contributed by atoms with Crippen LogP contribution < -0.4 is 10.6 Å². The van der Waals surface area contributed by atoms with Crippen molar-refractivity contribution in [2.45, 2.75) is 18.5 Å². The molecule has 0 unspecified atom stereocenters. The van der Waals surface area contributed by atoms with Gasteiger partial charge in [-0.25, -0.2) is 9.97 Å². The van der Waals surface area contributed by atoms with Crippen LogP contribution >= 0.6 is 0 Å². The second-order valence-electron chi connectivity index (χ2n) is 6.35. The minimum atomic E-state index is -0.502. The summed E-state index contributed by atoms with van der Waals surface area (Å²) in [5, 5.41) is 5.43. The predicted octanol–water partition coefficient (Wildman–Crippen LogP) is -0.0273. The highest BCUT2D eigenvalue weighted by molar-refractivity contribution is 5.96. The second-order valence-corrected chi connectivity index (χ2v) is 6.35. The van der Waals surface area contributed by atoms with Crippen LogP contribution in [0.4, 0.5) is 0 Å². The molecule has 2 aliphatic rings. The van der Waals surface area contributed by atoms with E-state index in [-0.39, 0.29) is 30.3 Å². The number of nitrogens with one attached hydrogen (secondary N) is 2. The van der Waals surface area contributed by atoms with Crippen LogP contribution in [0.2, 0.25) is 0 Å². The van der Waals surface area contributed by atoms with E-state index in [4.69, 9.17) is 0 Å². The van der Waals surface area contributed by atoms with Gasteiger partial charge >= 0.3 is 0 Å². The molecule has 0 saturated carbocycles. The summed E-state index contributed by atoms with van der Waals surface area (Å²) in [6.45, 7) is 0.358. The first-order valence-electron chi connectivity index (χ1n) is 8.37. The lowest BCUT2D eigenvalue weighted by molar-refractivity contribution is -0.143. The number of amides is 3. The van der Waals surface area contributed by atoms with Crippen LogP contribution in [0.15, 0.2) is 42.7 Å². The molecule has 0 radical (unpaired) electrons. The summed E-state index contributed by atoms with van der Waals surface area (Å²) in [4.78, 5) is 46.2. The maximum atomic E-state index is 12.4. The van der Waals surface area contributed by atoms with Gasteiger partial charge in [0, 0.05) is 30.5 Å².